The van der Waals surface area contributed by atoms with Crippen molar-refractivity contribution in [1.82, 2.24) is 0 Å². The monoisotopic (exact) mass is 390 g/mol. The Bertz CT molecular complexity index is 722. The van der Waals surface area contributed by atoms with E-state index in [0.717, 1.165) is 19.3 Å². The molecule has 3 aromatic rings. The molecule has 0 amide bonds. The number of aryl methyl sites for hydroxylation is 3. The van der Waals surface area contributed by atoms with Gasteiger partial charge in [0.15, 0.2) is 0 Å². The molecule has 0 saturated carbocycles. The predicted molar refractivity (Wildman–Crippen MR) is 112 cm³/mol. The van der Waals surface area contributed by atoms with Crippen LogP contribution >= 0.6 is 0 Å². The number of hydrogen-bond donors (Lipinski definition) is 0. The first-order chi connectivity index (χ1) is 12.2. The van der Waals surface area contributed by atoms with E-state index in [4.69, 9.17) is 0 Å². The van der Waals surface area contributed by atoms with Gasteiger partial charge in [0.1, 0.15) is 0 Å². The second-order valence-electron chi connectivity index (χ2n) is 6.41. The van der Waals surface area contributed by atoms with Crippen molar-refractivity contribution in [1.29, 1.82) is 0 Å². The van der Waals surface area contributed by atoms with Gasteiger partial charge in [0, 0.05) is 0 Å². The van der Waals surface area contributed by atoms with Crippen LogP contribution in [0.25, 0.3) is 0 Å². The fourth-order valence-electron chi connectivity index (χ4n) is 3.19. The molecule has 0 aliphatic heterocycles. The summed E-state index contributed by atoms with van der Waals surface area (Å²) in [6.45, 7) is 6.73. The summed E-state index contributed by atoms with van der Waals surface area (Å²) < 4.78 is 4.61. The number of benzene rings is 3. The Balaban J connectivity index is 2.16. The molecule has 0 bridgehead atoms. The van der Waals surface area contributed by atoms with Crippen LogP contribution in [0.1, 0.15) is 37.5 Å². The van der Waals surface area contributed by atoms with Gasteiger partial charge in [0.2, 0.25) is 0 Å². The Kier molecular flexibility index (Phi) is 6.16. The van der Waals surface area contributed by atoms with Crippen LogP contribution in [-0.2, 0) is 19.3 Å². The van der Waals surface area contributed by atoms with Crippen molar-refractivity contribution in [3.8, 4) is 0 Å². The second-order valence-corrected chi connectivity index (χ2v) is 11.1. The van der Waals surface area contributed by atoms with E-state index >= 15 is 0 Å². The molecule has 0 atom stereocenters. The summed E-state index contributed by atoms with van der Waals surface area (Å²) >= 11 is -1.52. The fraction of sp³-hybridized carbons (Fsp3) is 0.250. The fourth-order valence-corrected chi connectivity index (χ4v) is 8.41. The first-order valence-electron chi connectivity index (χ1n) is 9.32. The zero-order chi connectivity index (χ0) is 17.6. The van der Waals surface area contributed by atoms with E-state index in [1.807, 2.05) is 0 Å². The van der Waals surface area contributed by atoms with Gasteiger partial charge in [-0.1, -0.05) is 0 Å². The van der Waals surface area contributed by atoms with Gasteiger partial charge in [-0.05, 0) is 0 Å². The van der Waals surface area contributed by atoms with Crippen LogP contribution in [0.5, 0.6) is 0 Å². The maximum absolute atomic E-state index is 2.44. The van der Waals surface area contributed by atoms with Crippen LogP contribution in [0.2, 0.25) is 0 Å². The van der Waals surface area contributed by atoms with Crippen molar-refractivity contribution in [2.45, 2.75) is 40.0 Å². The van der Waals surface area contributed by atoms with E-state index in [1.54, 1.807) is 0 Å². The molecule has 0 unspecified atom stereocenters. The van der Waals surface area contributed by atoms with Crippen molar-refractivity contribution < 1.29 is 0 Å². The molecule has 0 nitrogen and oxygen atoms in total. The zero-order valence-corrected chi connectivity index (χ0v) is 17.4. The molecular weight excluding hydrogens is 363 g/mol. The Morgan fingerprint density at radius 3 is 1.12 bits per heavy atom. The zero-order valence-electron chi connectivity index (χ0n) is 15.5. The molecule has 128 valence electrons. The molecule has 0 spiro atoms. The van der Waals surface area contributed by atoms with Crippen molar-refractivity contribution in [3.63, 3.8) is 0 Å². The third kappa shape index (κ3) is 4.25. The van der Waals surface area contributed by atoms with Gasteiger partial charge in [-0.3, -0.25) is 0 Å². The van der Waals surface area contributed by atoms with Crippen molar-refractivity contribution >= 4 is 27.7 Å². The minimum atomic E-state index is -1.52. The number of hydrogen-bond acceptors (Lipinski definition) is 0. The topological polar surface area (TPSA) is 0 Å². The first kappa shape index (κ1) is 18.0. The minimum absolute atomic E-state index is 1.10. The van der Waals surface area contributed by atoms with E-state index in [-0.39, 0.29) is 0 Å². The molecule has 1 heteroatoms. The van der Waals surface area contributed by atoms with Crippen LogP contribution < -0.4 is 13.1 Å². The standard InChI is InChI=1S/C24H27As/c1-4-19-10-7-13-22(16-19)25(23-14-8-11-20(5-2)17-23)24-15-9-12-21(6-3)18-24/h7-18H,4-6H2,1-3H3. The van der Waals surface area contributed by atoms with E-state index in [1.165, 1.54) is 29.7 Å². The van der Waals surface area contributed by atoms with Crippen LogP contribution in [0.4, 0.5) is 0 Å². The van der Waals surface area contributed by atoms with E-state index < -0.39 is 14.7 Å². The quantitative estimate of drug-likeness (QED) is 0.561. The Morgan fingerprint density at radius 2 is 0.840 bits per heavy atom. The third-order valence-corrected chi connectivity index (χ3v) is 9.73. The average molecular weight is 390 g/mol. The molecule has 0 aliphatic rings. The maximum atomic E-state index is 2.44. The van der Waals surface area contributed by atoms with E-state index in [2.05, 4.69) is 93.6 Å². The molecule has 0 aliphatic carbocycles. The van der Waals surface area contributed by atoms with Crippen LogP contribution in [-0.4, -0.2) is 14.7 Å². The summed E-state index contributed by atoms with van der Waals surface area (Å²) in [7, 11) is 0. The molecule has 0 saturated heterocycles. The number of rotatable bonds is 6. The molecule has 3 rings (SSSR count). The summed E-state index contributed by atoms with van der Waals surface area (Å²) in [5.41, 5.74) is 4.32. The first-order valence-corrected chi connectivity index (χ1v) is 12.1. The molecule has 0 fully saturated rings. The van der Waals surface area contributed by atoms with Crippen molar-refractivity contribution in [3.05, 3.63) is 89.5 Å². The molecule has 0 heterocycles. The summed E-state index contributed by atoms with van der Waals surface area (Å²) in [5, 5.41) is 0. The summed E-state index contributed by atoms with van der Waals surface area (Å²) in [6.07, 6.45) is 3.29. The summed E-state index contributed by atoms with van der Waals surface area (Å²) in [6, 6.07) is 27.8. The Labute approximate surface area is 157 Å². The van der Waals surface area contributed by atoms with Gasteiger partial charge in [0.05, 0.1) is 0 Å². The van der Waals surface area contributed by atoms with Crippen LogP contribution in [0.15, 0.2) is 72.8 Å². The molecular formula is C24H27As. The van der Waals surface area contributed by atoms with Gasteiger partial charge >= 0.3 is 157 Å². The normalized spacial score (nSPS) is 11.0. The van der Waals surface area contributed by atoms with Gasteiger partial charge in [0.25, 0.3) is 0 Å². The van der Waals surface area contributed by atoms with Crippen molar-refractivity contribution in [2.24, 2.45) is 0 Å². The third-order valence-electron chi connectivity index (χ3n) is 4.73. The van der Waals surface area contributed by atoms with E-state index in [0.29, 0.717) is 0 Å². The van der Waals surface area contributed by atoms with Gasteiger partial charge in [-0.15, -0.1) is 0 Å². The molecule has 25 heavy (non-hydrogen) atoms. The van der Waals surface area contributed by atoms with Crippen LogP contribution in [0, 0.1) is 0 Å². The predicted octanol–water partition coefficient (Wildman–Crippen LogP) is 3.89. The molecule has 0 N–H and O–H groups in total. The van der Waals surface area contributed by atoms with Gasteiger partial charge in [-0.25, -0.2) is 0 Å². The Hall–Kier alpha value is -1.78. The average Bonchev–Trinajstić information content (AvgIpc) is 2.68. The molecule has 0 radical (unpaired) electrons. The second kappa shape index (κ2) is 8.54. The van der Waals surface area contributed by atoms with Crippen molar-refractivity contribution in [2.75, 3.05) is 0 Å². The van der Waals surface area contributed by atoms with Gasteiger partial charge < -0.3 is 0 Å². The summed E-state index contributed by atoms with van der Waals surface area (Å²) in [5.74, 6) is 0. The molecule has 3 aromatic carbocycles. The molecule has 0 aromatic heterocycles. The summed E-state index contributed by atoms with van der Waals surface area (Å²) in [4.78, 5) is 0. The van der Waals surface area contributed by atoms with E-state index in [9.17, 15) is 0 Å². The van der Waals surface area contributed by atoms with Crippen LogP contribution in [0.3, 0.4) is 0 Å². The van der Waals surface area contributed by atoms with Gasteiger partial charge in [-0.2, -0.15) is 0 Å². The SMILES string of the molecule is CCc1cccc([As](c2cccc(CC)c2)c2cccc(CC)c2)c1. The Morgan fingerprint density at radius 1 is 0.520 bits per heavy atom.